The van der Waals surface area contributed by atoms with E-state index in [4.69, 9.17) is 4.74 Å². The second-order valence-corrected chi connectivity index (χ2v) is 4.33. The topological polar surface area (TPSA) is 26.3 Å². The van der Waals surface area contributed by atoms with E-state index in [9.17, 15) is 4.79 Å². The molecule has 72 valence electrons. The summed E-state index contributed by atoms with van der Waals surface area (Å²) in [4.78, 5) is 11.3. The summed E-state index contributed by atoms with van der Waals surface area (Å²) in [5, 5.41) is 0. The van der Waals surface area contributed by atoms with Crippen LogP contribution in [-0.2, 0) is 9.53 Å². The first-order valence-corrected chi connectivity index (χ1v) is 5.05. The minimum Gasteiger partial charge on any atom is -0.458 e. The van der Waals surface area contributed by atoms with Crippen LogP contribution in [0.4, 0.5) is 0 Å². The fourth-order valence-corrected chi connectivity index (χ4v) is 1.65. The fourth-order valence-electron chi connectivity index (χ4n) is 1.65. The Balaban J connectivity index is 1.88. The van der Waals surface area contributed by atoms with Gasteiger partial charge < -0.3 is 4.74 Å². The number of hydrogen-bond donors (Lipinski definition) is 0. The number of carbonyl (C=O) groups excluding carboxylic acids is 1. The van der Waals surface area contributed by atoms with Crippen LogP contribution in [0.5, 0.6) is 0 Å². The highest BCUT2D eigenvalue weighted by Gasteiger charge is 2.44. The Morgan fingerprint density at radius 1 is 1.31 bits per heavy atom. The first-order chi connectivity index (χ1) is 6.18. The highest BCUT2D eigenvalue weighted by Crippen LogP contribution is 2.46. The van der Waals surface area contributed by atoms with Gasteiger partial charge in [0.1, 0.15) is 6.10 Å². The summed E-state index contributed by atoms with van der Waals surface area (Å²) in [7, 11) is 0. The fraction of sp³-hybridized carbons (Fsp3) is 0.727. The molecule has 2 aliphatic rings. The summed E-state index contributed by atoms with van der Waals surface area (Å²) < 4.78 is 5.42. The molecule has 0 radical (unpaired) electrons. The standard InChI is InChI=1S/C11H16O2/c1-7(2)11(12)13-10(8-3-4-8)9-5-6-9/h8-10H,1,3-6H2,2H3. The molecule has 2 heteroatoms. The minimum absolute atomic E-state index is 0.205. The molecular formula is C11H16O2. The van der Waals surface area contributed by atoms with E-state index in [0.717, 1.165) is 0 Å². The molecular weight excluding hydrogens is 164 g/mol. The van der Waals surface area contributed by atoms with Crippen LogP contribution in [0, 0.1) is 11.8 Å². The van der Waals surface area contributed by atoms with Gasteiger partial charge in [0, 0.05) is 5.57 Å². The maximum Gasteiger partial charge on any atom is 0.333 e. The molecule has 2 fully saturated rings. The third-order valence-electron chi connectivity index (χ3n) is 2.76. The molecule has 0 aliphatic heterocycles. The summed E-state index contributed by atoms with van der Waals surface area (Å²) in [6.07, 6.45) is 5.18. The number of hydrogen-bond acceptors (Lipinski definition) is 2. The van der Waals surface area contributed by atoms with Crippen molar-refractivity contribution >= 4 is 5.97 Å². The lowest BCUT2D eigenvalue weighted by molar-refractivity contribution is -0.146. The van der Waals surface area contributed by atoms with Crippen molar-refractivity contribution in [2.75, 3.05) is 0 Å². The zero-order valence-electron chi connectivity index (χ0n) is 8.08. The van der Waals surface area contributed by atoms with Crippen LogP contribution in [0.1, 0.15) is 32.6 Å². The summed E-state index contributed by atoms with van der Waals surface area (Å²) in [6.45, 7) is 5.30. The molecule has 0 unspecified atom stereocenters. The first-order valence-electron chi connectivity index (χ1n) is 5.05. The van der Waals surface area contributed by atoms with E-state index in [1.165, 1.54) is 25.7 Å². The maximum atomic E-state index is 11.3. The molecule has 2 rings (SSSR count). The average molecular weight is 180 g/mol. The van der Waals surface area contributed by atoms with Crippen molar-refractivity contribution < 1.29 is 9.53 Å². The van der Waals surface area contributed by atoms with Gasteiger partial charge >= 0.3 is 5.97 Å². The van der Waals surface area contributed by atoms with Crippen molar-refractivity contribution in [2.24, 2.45) is 11.8 Å². The lowest BCUT2D eigenvalue weighted by Gasteiger charge is -2.16. The van der Waals surface area contributed by atoms with Crippen molar-refractivity contribution in [3.05, 3.63) is 12.2 Å². The van der Waals surface area contributed by atoms with Gasteiger partial charge in [-0.25, -0.2) is 4.79 Å². The van der Waals surface area contributed by atoms with Gasteiger partial charge in [0.2, 0.25) is 0 Å². The lowest BCUT2D eigenvalue weighted by atomic mass is 10.1. The molecule has 0 amide bonds. The van der Waals surface area contributed by atoms with Crippen LogP contribution in [0.25, 0.3) is 0 Å². The molecule has 2 aliphatic carbocycles. The SMILES string of the molecule is C=C(C)C(=O)OC(C1CC1)C1CC1. The van der Waals surface area contributed by atoms with Crippen LogP contribution in [0.2, 0.25) is 0 Å². The van der Waals surface area contributed by atoms with Crippen molar-refractivity contribution in [3.8, 4) is 0 Å². The Kier molecular flexibility index (Phi) is 2.14. The number of rotatable bonds is 4. The molecule has 0 spiro atoms. The van der Waals surface area contributed by atoms with Gasteiger partial charge in [0.25, 0.3) is 0 Å². The highest BCUT2D eigenvalue weighted by atomic mass is 16.5. The molecule has 0 atom stereocenters. The smallest absolute Gasteiger partial charge is 0.333 e. The normalized spacial score (nSPS) is 21.7. The summed E-state index contributed by atoms with van der Waals surface area (Å²) in [5.41, 5.74) is 0.520. The molecule has 0 heterocycles. The van der Waals surface area contributed by atoms with E-state index in [-0.39, 0.29) is 12.1 Å². The van der Waals surface area contributed by atoms with Gasteiger partial charge in [-0.05, 0) is 44.4 Å². The molecule has 0 aromatic heterocycles. The molecule has 2 saturated carbocycles. The number of esters is 1. The summed E-state index contributed by atoms with van der Waals surface area (Å²) in [6, 6.07) is 0. The van der Waals surface area contributed by atoms with E-state index < -0.39 is 0 Å². The van der Waals surface area contributed by atoms with Crippen molar-refractivity contribution in [1.82, 2.24) is 0 Å². The van der Waals surface area contributed by atoms with Gasteiger partial charge in [0.05, 0.1) is 0 Å². The quantitative estimate of drug-likeness (QED) is 0.490. The molecule has 13 heavy (non-hydrogen) atoms. The van der Waals surface area contributed by atoms with E-state index in [1.807, 2.05) is 0 Å². The molecule has 0 bridgehead atoms. The van der Waals surface area contributed by atoms with Gasteiger partial charge in [-0.2, -0.15) is 0 Å². The Bertz CT molecular complexity index is 224. The summed E-state index contributed by atoms with van der Waals surface area (Å²) >= 11 is 0. The van der Waals surface area contributed by atoms with Crippen LogP contribution in [-0.4, -0.2) is 12.1 Å². The zero-order valence-corrected chi connectivity index (χ0v) is 8.08. The third-order valence-corrected chi connectivity index (χ3v) is 2.76. The Labute approximate surface area is 79.0 Å². The zero-order chi connectivity index (χ0) is 9.42. The Morgan fingerprint density at radius 3 is 2.08 bits per heavy atom. The van der Waals surface area contributed by atoms with E-state index in [2.05, 4.69) is 6.58 Å². The molecule has 0 N–H and O–H groups in total. The highest BCUT2D eigenvalue weighted by molar-refractivity contribution is 5.87. The first kappa shape index (κ1) is 8.79. The van der Waals surface area contributed by atoms with Crippen molar-refractivity contribution in [2.45, 2.75) is 38.7 Å². The lowest BCUT2D eigenvalue weighted by Crippen LogP contribution is -2.22. The number of ether oxygens (including phenoxy) is 1. The van der Waals surface area contributed by atoms with E-state index in [1.54, 1.807) is 6.92 Å². The number of carbonyl (C=O) groups is 1. The van der Waals surface area contributed by atoms with E-state index >= 15 is 0 Å². The van der Waals surface area contributed by atoms with Crippen LogP contribution in [0.3, 0.4) is 0 Å². The molecule has 0 saturated heterocycles. The molecule has 2 nitrogen and oxygen atoms in total. The van der Waals surface area contributed by atoms with Gasteiger partial charge in [-0.3, -0.25) is 0 Å². The largest absolute Gasteiger partial charge is 0.458 e. The Hall–Kier alpha value is -0.790. The minimum atomic E-state index is -0.205. The summed E-state index contributed by atoms with van der Waals surface area (Å²) in [5.74, 6) is 1.12. The van der Waals surface area contributed by atoms with Crippen LogP contribution in [0.15, 0.2) is 12.2 Å². The van der Waals surface area contributed by atoms with Gasteiger partial charge in [0.15, 0.2) is 0 Å². The third kappa shape index (κ3) is 2.11. The monoisotopic (exact) mass is 180 g/mol. The maximum absolute atomic E-state index is 11.3. The second kappa shape index (κ2) is 3.17. The van der Waals surface area contributed by atoms with E-state index in [0.29, 0.717) is 17.4 Å². The predicted molar refractivity (Wildman–Crippen MR) is 50.1 cm³/mol. The average Bonchev–Trinajstić information content (AvgIpc) is 2.90. The van der Waals surface area contributed by atoms with Crippen LogP contribution >= 0.6 is 0 Å². The molecule has 0 aromatic carbocycles. The molecule has 0 aromatic rings. The predicted octanol–water partition coefficient (Wildman–Crippen LogP) is 2.29. The van der Waals surface area contributed by atoms with Crippen molar-refractivity contribution in [1.29, 1.82) is 0 Å². The van der Waals surface area contributed by atoms with Gasteiger partial charge in [-0.15, -0.1) is 0 Å². The van der Waals surface area contributed by atoms with Gasteiger partial charge in [-0.1, -0.05) is 6.58 Å². The Morgan fingerprint density at radius 2 is 1.77 bits per heavy atom. The second-order valence-electron chi connectivity index (χ2n) is 4.33. The van der Waals surface area contributed by atoms with Crippen molar-refractivity contribution in [3.63, 3.8) is 0 Å². The van der Waals surface area contributed by atoms with Crippen LogP contribution < -0.4 is 0 Å².